The first-order chi connectivity index (χ1) is 12.0. The number of hydrogen-bond acceptors (Lipinski definition) is 2. The van der Waals surface area contributed by atoms with Gasteiger partial charge in [-0.3, -0.25) is 0 Å². The minimum atomic E-state index is -0.679. The van der Waals surface area contributed by atoms with Gasteiger partial charge in [0.2, 0.25) is 0 Å². The van der Waals surface area contributed by atoms with Gasteiger partial charge in [-0.05, 0) is 74.4 Å². The first-order valence-electron chi connectivity index (χ1n) is 10.5. The van der Waals surface area contributed by atoms with Crippen molar-refractivity contribution in [3.8, 4) is 0 Å². The second kappa shape index (κ2) is 6.70. The van der Waals surface area contributed by atoms with Crippen LogP contribution in [0, 0.1) is 23.2 Å². The van der Waals surface area contributed by atoms with Crippen LogP contribution < -0.4 is 0 Å². The van der Waals surface area contributed by atoms with E-state index in [4.69, 9.17) is 0 Å². The number of nitrogens with zero attached hydrogens (tertiary/aromatic N) is 1. The van der Waals surface area contributed by atoms with Gasteiger partial charge in [0, 0.05) is 12.5 Å². The van der Waals surface area contributed by atoms with Crippen LogP contribution in [0.2, 0.25) is 0 Å². The summed E-state index contributed by atoms with van der Waals surface area (Å²) in [5.41, 5.74) is 0.718. The topological polar surface area (TPSA) is 23.5 Å². The van der Waals surface area contributed by atoms with Crippen LogP contribution in [-0.4, -0.2) is 29.6 Å². The van der Waals surface area contributed by atoms with Crippen LogP contribution in [0.25, 0.3) is 0 Å². The van der Waals surface area contributed by atoms with Crippen molar-refractivity contribution in [1.29, 1.82) is 0 Å². The lowest BCUT2D eigenvalue weighted by atomic mass is 9.59. The lowest BCUT2D eigenvalue weighted by molar-refractivity contribution is -0.106. The molecule has 4 atom stereocenters. The molecule has 25 heavy (non-hydrogen) atoms. The first-order valence-corrected chi connectivity index (χ1v) is 10.5. The zero-order chi connectivity index (χ0) is 17.5. The Kier molecular flexibility index (Phi) is 4.70. The highest BCUT2D eigenvalue weighted by atomic mass is 16.3. The summed E-state index contributed by atoms with van der Waals surface area (Å²) in [6.45, 7) is 8.32. The molecule has 1 heterocycles. The van der Waals surface area contributed by atoms with E-state index in [0.717, 1.165) is 24.4 Å². The molecule has 0 spiro atoms. The van der Waals surface area contributed by atoms with Crippen LogP contribution >= 0.6 is 0 Å². The molecule has 1 N–H and O–H groups in total. The van der Waals surface area contributed by atoms with Gasteiger partial charge in [0.25, 0.3) is 0 Å². The Morgan fingerprint density at radius 1 is 1.08 bits per heavy atom. The summed E-state index contributed by atoms with van der Waals surface area (Å²) in [6.07, 6.45) is 8.92. The van der Waals surface area contributed by atoms with E-state index in [9.17, 15) is 5.11 Å². The highest BCUT2D eigenvalue weighted by Gasteiger charge is 2.60. The number of rotatable bonds is 5. The number of aliphatic hydroxyl groups is 1. The predicted octanol–water partition coefficient (Wildman–Crippen LogP) is 4.82. The fraction of sp³-hybridized carbons (Fsp3) is 0.739. The van der Waals surface area contributed by atoms with Gasteiger partial charge in [0.15, 0.2) is 0 Å². The summed E-state index contributed by atoms with van der Waals surface area (Å²) in [5, 5.41) is 12.1. The van der Waals surface area contributed by atoms with Crippen LogP contribution in [0.4, 0.5) is 0 Å². The number of fused-ring (bicyclic) bond motifs is 2. The van der Waals surface area contributed by atoms with Crippen LogP contribution in [0.15, 0.2) is 30.3 Å². The Hall–Kier alpha value is -0.860. The molecule has 3 aliphatic rings. The Morgan fingerprint density at radius 2 is 1.80 bits per heavy atom. The summed E-state index contributed by atoms with van der Waals surface area (Å²) in [6, 6.07) is 10.6. The number of hydrogen-bond donors (Lipinski definition) is 1. The van der Waals surface area contributed by atoms with Gasteiger partial charge < -0.3 is 10.0 Å². The summed E-state index contributed by atoms with van der Waals surface area (Å²) >= 11 is 0. The summed E-state index contributed by atoms with van der Waals surface area (Å²) in [7, 11) is 0. The lowest BCUT2D eigenvalue weighted by Crippen LogP contribution is -2.48. The van der Waals surface area contributed by atoms with Crippen LogP contribution in [0.3, 0.4) is 0 Å². The molecule has 1 saturated heterocycles. The SMILES string of the molecule is CC1(C)C2CCC(C2)C1C(O)(CCN1CCCCC1)c1ccccc1. The van der Waals surface area contributed by atoms with E-state index in [0.29, 0.717) is 11.8 Å². The molecule has 0 radical (unpaired) electrons. The zero-order valence-corrected chi connectivity index (χ0v) is 16.1. The van der Waals surface area contributed by atoms with Crippen molar-refractivity contribution in [2.24, 2.45) is 23.2 Å². The third-order valence-electron chi connectivity index (χ3n) is 7.84. The minimum Gasteiger partial charge on any atom is -0.385 e. The zero-order valence-electron chi connectivity index (χ0n) is 16.1. The molecule has 2 bridgehead atoms. The van der Waals surface area contributed by atoms with E-state index in [1.807, 2.05) is 0 Å². The molecule has 2 saturated carbocycles. The Labute approximate surface area is 153 Å². The molecule has 1 aromatic rings. The molecule has 2 nitrogen and oxygen atoms in total. The van der Waals surface area contributed by atoms with Gasteiger partial charge in [0.1, 0.15) is 0 Å². The maximum absolute atomic E-state index is 12.1. The molecule has 2 heteroatoms. The average Bonchev–Trinajstić information content (AvgIpc) is 3.20. The standard InChI is InChI=1S/C23H35NO/c1-22(2)20-12-11-18(17-20)21(22)23(25,19-9-5-3-6-10-19)13-16-24-14-7-4-8-15-24/h3,5-6,9-10,18,20-21,25H,4,7-8,11-17H2,1-2H3. The van der Waals surface area contributed by atoms with Gasteiger partial charge in [-0.25, -0.2) is 0 Å². The van der Waals surface area contributed by atoms with Crippen molar-refractivity contribution in [3.63, 3.8) is 0 Å². The second-order valence-corrected chi connectivity index (χ2v) is 9.51. The molecule has 0 aromatic heterocycles. The van der Waals surface area contributed by atoms with Crippen molar-refractivity contribution in [3.05, 3.63) is 35.9 Å². The van der Waals surface area contributed by atoms with E-state index in [1.165, 1.54) is 51.6 Å². The van der Waals surface area contributed by atoms with Gasteiger partial charge in [-0.2, -0.15) is 0 Å². The molecule has 1 aromatic carbocycles. The highest BCUT2D eigenvalue weighted by Crippen LogP contribution is 2.64. The van der Waals surface area contributed by atoms with Crippen LogP contribution in [0.1, 0.15) is 64.4 Å². The molecule has 3 fully saturated rings. The van der Waals surface area contributed by atoms with Gasteiger partial charge in [-0.15, -0.1) is 0 Å². The quantitative estimate of drug-likeness (QED) is 0.830. The Morgan fingerprint density at radius 3 is 2.44 bits per heavy atom. The lowest BCUT2D eigenvalue weighted by Gasteiger charge is -2.49. The maximum atomic E-state index is 12.1. The fourth-order valence-electron chi connectivity index (χ4n) is 6.58. The smallest absolute Gasteiger partial charge is 0.0944 e. The van der Waals surface area contributed by atoms with Gasteiger partial charge in [-0.1, -0.05) is 50.6 Å². The number of likely N-dealkylation sites (tertiary alicyclic amines) is 1. The summed E-state index contributed by atoms with van der Waals surface area (Å²) < 4.78 is 0. The van der Waals surface area contributed by atoms with E-state index in [-0.39, 0.29) is 5.41 Å². The third-order valence-corrected chi connectivity index (χ3v) is 7.84. The second-order valence-electron chi connectivity index (χ2n) is 9.51. The van der Waals surface area contributed by atoms with Crippen molar-refractivity contribution < 1.29 is 5.11 Å². The molecule has 4 unspecified atom stereocenters. The summed E-state index contributed by atoms with van der Waals surface area (Å²) in [5.74, 6) is 1.89. The molecule has 0 amide bonds. The molecule has 2 aliphatic carbocycles. The van der Waals surface area contributed by atoms with Gasteiger partial charge >= 0.3 is 0 Å². The molecule has 4 rings (SSSR count). The average molecular weight is 342 g/mol. The summed E-state index contributed by atoms with van der Waals surface area (Å²) in [4.78, 5) is 2.58. The van der Waals surface area contributed by atoms with Crippen LogP contribution in [-0.2, 0) is 5.60 Å². The van der Waals surface area contributed by atoms with Crippen LogP contribution in [0.5, 0.6) is 0 Å². The minimum absolute atomic E-state index is 0.245. The number of piperidine rings is 1. The molecular formula is C23H35NO. The van der Waals surface area contributed by atoms with Gasteiger partial charge in [0.05, 0.1) is 5.60 Å². The Balaban J connectivity index is 1.62. The van der Waals surface area contributed by atoms with E-state index in [2.05, 4.69) is 49.1 Å². The molecule has 138 valence electrons. The van der Waals surface area contributed by atoms with Crippen molar-refractivity contribution in [1.82, 2.24) is 4.90 Å². The normalized spacial score (nSPS) is 34.1. The van der Waals surface area contributed by atoms with E-state index in [1.54, 1.807) is 0 Å². The molecule has 1 aliphatic heterocycles. The van der Waals surface area contributed by atoms with E-state index >= 15 is 0 Å². The third kappa shape index (κ3) is 3.06. The highest BCUT2D eigenvalue weighted by molar-refractivity contribution is 5.26. The number of benzene rings is 1. The van der Waals surface area contributed by atoms with Crippen molar-refractivity contribution in [2.75, 3.05) is 19.6 Å². The fourth-order valence-corrected chi connectivity index (χ4v) is 6.58. The Bertz CT molecular complexity index is 577. The maximum Gasteiger partial charge on any atom is 0.0944 e. The first kappa shape index (κ1) is 17.5. The molecular weight excluding hydrogens is 306 g/mol. The predicted molar refractivity (Wildman–Crippen MR) is 103 cm³/mol. The van der Waals surface area contributed by atoms with E-state index < -0.39 is 5.60 Å². The monoisotopic (exact) mass is 341 g/mol. The van der Waals surface area contributed by atoms with Crippen molar-refractivity contribution in [2.45, 2.75) is 64.4 Å². The van der Waals surface area contributed by atoms with Crippen molar-refractivity contribution >= 4 is 0 Å². The largest absolute Gasteiger partial charge is 0.385 e.